The first-order valence-corrected chi connectivity index (χ1v) is 7.11. The maximum atomic E-state index is 13.6. The highest BCUT2D eigenvalue weighted by molar-refractivity contribution is 9.10. The number of benzene rings is 2. The zero-order valence-corrected chi connectivity index (χ0v) is 12.8. The Morgan fingerprint density at radius 3 is 2.65 bits per heavy atom. The lowest BCUT2D eigenvalue weighted by atomic mass is 10.1. The van der Waals surface area contributed by atoms with Crippen LogP contribution in [0, 0.1) is 12.7 Å². The summed E-state index contributed by atoms with van der Waals surface area (Å²) in [5.41, 5.74) is 1.91. The molecule has 0 saturated heterocycles. The minimum Gasteiger partial charge on any atom is -0.228 e. The van der Waals surface area contributed by atoms with Gasteiger partial charge in [0, 0.05) is 15.4 Å². The third-order valence-electron chi connectivity index (χ3n) is 3.04. The molecule has 0 bridgehead atoms. The third-order valence-corrected chi connectivity index (χ3v) is 3.82. The molecule has 2 aromatic carbocycles. The van der Waals surface area contributed by atoms with Gasteiger partial charge in [0.1, 0.15) is 11.0 Å². The third kappa shape index (κ3) is 2.41. The average Bonchev–Trinajstić information content (AvgIpc) is 2.41. The van der Waals surface area contributed by atoms with Crippen LogP contribution in [0.5, 0.6) is 0 Å². The Labute approximate surface area is 128 Å². The van der Waals surface area contributed by atoms with Crippen molar-refractivity contribution in [1.82, 2.24) is 9.97 Å². The van der Waals surface area contributed by atoms with Gasteiger partial charge in [0.15, 0.2) is 5.82 Å². The van der Waals surface area contributed by atoms with Crippen LogP contribution in [0.15, 0.2) is 40.9 Å². The fraction of sp³-hybridized carbons (Fsp3) is 0.0667. The van der Waals surface area contributed by atoms with Crippen molar-refractivity contribution in [2.75, 3.05) is 0 Å². The maximum Gasteiger partial charge on any atom is 0.161 e. The number of halogens is 3. The summed E-state index contributed by atoms with van der Waals surface area (Å²) >= 11 is 9.57. The number of aryl methyl sites for hydroxylation is 1. The predicted octanol–water partition coefficient (Wildman–Crippen LogP) is 5.16. The van der Waals surface area contributed by atoms with Gasteiger partial charge < -0.3 is 0 Å². The first-order chi connectivity index (χ1) is 9.54. The fourth-order valence-corrected chi connectivity index (χ4v) is 2.51. The molecular formula is C15H9BrClFN2. The van der Waals surface area contributed by atoms with E-state index in [-0.39, 0.29) is 5.82 Å². The van der Waals surface area contributed by atoms with Gasteiger partial charge in [0.25, 0.3) is 0 Å². The number of nitrogens with zero attached hydrogens (tertiary/aromatic N) is 2. The van der Waals surface area contributed by atoms with Crippen molar-refractivity contribution in [2.24, 2.45) is 0 Å². The summed E-state index contributed by atoms with van der Waals surface area (Å²) in [5.74, 6) is 0.135. The largest absolute Gasteiger partial charge is 0.228 e. The molecule has 0 radical (unpaired) electrons. The Balaban J connectivity index is 2.23. The molecule has 0 aliphatic rings. The van der Waals surface area contributed by atoms with Crippen LogP contribution in [-0.2, 0) is 0 Å². The first kappa shape index (κ1) is 13.5. The average molecular weight is 352 g/mol. The standard InChI is InChI=1S/C15H9BrClFN2/c1-8-2-3-9(6-12(8)18)15-19-13-7-10(16)4-5-11(13)14(17)20-15/h2-7H,1H3. The van der Waals surface area contributed by atoms with Gasteiger partial charge >= 0.3 is 0 Å². The van der Waals surface area contributed by atoms with Crippen molar-refractivity contribution < 1.29 is 4.39 Å². The Kier molecular flexibility index (Phi) is 3.44. The molecule has 0 N–H and O–H groups in total. The van der Waals surface area contributed by atoms with E-state index in [0.29, 0.717) is 22.1 Å². The second-order valence-electron chi connectivity index (χ2n) is 4.46. The molecule has 2 nitrogen and oxygen atoms in total. The second kappa shape index (κ2) is 5.11. The number of hydrogen-bond donors (Lipinski definition) is 0. The molecular weight excluding hydrogens is 343 g/mol. The topological polar surface area (TPSA) is 25.8 Å². The summed E-state index contributed by atoms with van der Waals surface area (Å²) < 4.78 is 14.6. The second-order valence-corrected chi connectivity index (χ2v) is 5.74. The van der Waals surface area contributed by atoms with Gasteiger partial charge in [-0.05, 0) is 36.8 Å². The molecule has 0 amide bonds. The minimum atomic E-state index is -0.281. The molecule has 0 spiro atoms. The van der Waals surface area contributed by atoms with E-state index >= 15 is 0 Å². The zero-order valence-electron chi connectivity index (χ0n) is 10.5. The van der Waals surface area contributed by atoms with Crippen LogP contribution < -0.4 is 0 Å². The molecule has 3 aromatic rings. The molecule has 5 heteroatoms. The number of aromatic nitrogens is 2. The van der Waals surface area contributed by atoms with E-state index in [1.54, 1.807) is 19.1 Å². The van der Waals surface area contributed by atoms with E-state index in [9.17, 15) is 4.39 Å². The molecule has 20 heavy (non-hydrogen) atoms. The van der Waals surface area contributed by atoms with Crippen molar-refractivity contribution in [3.63, 3.8) is 0 Å². The number of fused-ring (bicyclic) bond motifs is 1. The van der Waals surface area contributed by atoms with Crippen LogP contribution in [0.3, 0.4) is 0 Å². The van der Waals surface area contributed by atoms with E-state index in [1.807, 2.05) is 18.2 Å². The SMILES string of the molecule is Cc1ccc(-c2nc(Cl)c3ccc(Br)cc3n2)cc1F. The summed E-state index contributed by atoms with van der Waals surface area (Å²) in [6.07, 6.45) is 0. The molecule has 1 aromatic heterocycles. The van der Waals surface area contributed by atoms with E-state index < -0.39 is 0 Å². The molecule has 3 rings (SSSR count). The molecule has 0 aliphatic carbocycles. The Hall–Kier alpha value is -1.52. The normalized spacial score (nSPS) is 11.0. The van der Waals surface area contributed by atoms with Crippen molar-refractivity contribution in [3.05, 3.63) is 57.4 Å². The van der Waals surface area contributed by atoms with Crippen LogP contribution in [-0.4, -0.2) is 9.97 Å². The molecule has 1 heterocycles. The molecule has 100 valence electrons. The summed E-state index contributed by atoms with van der Waals surface area (Å²) in [6.45, 7) is 1.71. The van der Waals surface area contributed by atoms with Crippen molar-refractivity contribution in [2.45, 2.75) is 6.92 Å². The van der Waals surface area contributed by atoms with Crippen LogP contribution >= 0.6 is 27.5 Å². The quantitative estimate of drug-likeness (QED) is 0.566. The highest BCUT2D eigenvalue weighted by Gasteiger charge is 2.09. The van der Waals surface area contributed by atoms with Crippen molar-refractivity contribution in [3.8, 4) is 11.4 Å². The Bertz CT molecular complexity index is 820. The molecule has 0 fully saturated rings. The number of hydrogen-bond acceptors (Lipinski definition) is 2. The van der Waals surface area contributed by atoms with Crippen LogP contribution in [0.4, 0.5) is 4.39 Å². The smallest absolute Gasteiger partial charge is 0.161 e. The fourth-order valence-electron chi connectivity index (χ4n) is 1.93. The van der Waals surface area contributed by atoms with Crippen LogP contribution in [0.2, 0.25) is 5.15 Å². The monoisotopic (exact) mass is 350 g/mol. The molecule has 0 aliphatic heterocycles. The minimum absolute atomic E-state index is 0.281. The highest BCUT2D eigenvalue weighted by atomic mass is 79.9. The van der Waals surface area contributed by atoms with Gasteiger partial charge in [0.2, 0.25) is 0 Å². The maximum absolute atomic E-state index is 13.6. The zero-order chi connectivity index (χ0) is 14.3. The van der Waals surface area contributed by atoms with Gasteiger partial charge in [-0.2, -0.15) is 0 Å². The summed E-state index contributed by atoms with van der Waals surface area (Å²) in [6, 6.07) is 10.5. The number of rotatable bonds is 1. The Morgan fingerprint density at radius 2 is 1.90 bits per heavy atom. The Morgan fingerprint density at radius 1 is 1.10 bits per heavy atom. The lowest BCUT2D eigenvalue weighted by Crippen LogP contribution is -1.93. The van der Waals surface area contributed by atoms with E-state index in [0.717, 1.165) is 15.4 Å². The van der Waals surface area contributed by atoms with Gasteiger partial charge in [0.05, 0.1) is 5.52 Å². The molecule has 0 saturated carbocycles. The summed E-state index contributed by atoms with van der Waals surface area (Å²) in [4.78, 5) is 8.69. The summed E-state index contributed by atoms with van der Waals surface area (Å²) in [5, 5.41) is 1.13. The highest BCUT2D eigenvalue weighted by Crippen LogP contribution is 2.27. The predicted molar refractivity (Wildman–Crippen MR) is 82.4 cm³/mol. The van der Waals surface area contributed by atoms with Gasteiger partial charge in [-0.25, -0.2) is 14.4 Å². The van der Waals surface area contributed by atoms with E-state index in [4.69, 9.17) is 11.6 Å². The van der Waals surface area contributed by atoms with E-state index in [1.165, 1.54) is 6.07 Å². The van der Waals surface area contributed by atoms with E-state index in [2.05, 4.69) is 25.9 Å². The van der Waals surface area contributed by atoms with Crippen LogP contribution in [0.25, 0.3) is 22.3 Å². The van der Waals surface area contributed by atoms with Crippen molar-refractivity contribution >= 4 is 38.4 Å². The lowest BCUT2D eigenvalue weighted by Gasteiger charge is -2.06. The molecule has 0 atom stereocenters. The molecule has 0 unspecified atom stereocenters. The van der Waals surface area contributed by atoms with Gasteiger partial charge in [-0.3, -0.25) is 0 Å². The van der Waals surface area contributed by atoms with Gasteiger partial charge in [-0.15, -0.1) is 0 Å². The van der Waals surface area contributed by atoms with Gasteiger partial charge in [-0.1, -0.05) is 39.7 Å². The lowest BCUT2D eigenvalue weighted by molar-refractivity contribution is 0.619. The first-order valence-electron chi connectivity index (χ1n) is 5.94. The summed E-state index contributed by atoms with van der Waals surface area (Å²) in [7, 11) is 0. The van der Waals surface area contributed by atoms with Crippen LogP contribution in [0.1, 0.15) is 5.56 Å². The van der Waals surface area contributed by atoms with Crippen molar-refractivity contribution in [1.29, 1.82) is 0 Å².